The van der Waals surface area contributed by atoms with E-state index in [9.17, 15) is 9.50 Å². The summed E-state index contributed by atoms with van der Waals surface area (Å²) in [5.41, 5.74) is 0.336. The summed E-state index contributed by atoms with van der Waals surface area (Å²) in [6.07, 6.45) is 1.56. The Kier molecular flexibility index (Phi) is 4.32. The Hall–Kier alpha value is -0.970. The minimum absolute atomic E-state index is 0.207. The molecule has 1 aliphatic rings. The number of hydrogen-bond acceptors (Lipinski definition) is 3. The molecule has 0 bridgehead atoms. The first-order valence-corrected chi connectivity index (χ1v) is 6.43. The van der Waals surface area contributed by atoms with E-state index < -0.39 is 5.60 Å². The van der Waals surface area contributed by atoms with Gasteiger partial charge in [-0.25, -0.2) is 4.39 Å². The van der Waals surface area contributed by atoms with Gasteiger partial charge in [0.15, 0.2) is 0 Å². The van der Waals surface area contributed by atoms with Crippen molar-refractivity contribution in [3.63, 3.8) is 0 Å². The highest BCUT2D eigenvalue weighted by Crippen LogP contribution is 2.19. The van der Waals surface area contributed by atoms with Crippen molar-refractivity contribution in [2.45, 2.75) is 25.0 Å². The molecular formula is C14H21FN2O. The standard InChI is InChI=1S/C14H21FN2O/c1-17(10-12-3-2-4-13(15)9-12)11-14(18)5-7-16-8-6-14/h2-4,9,16,18H,5-8,10-11H2,1H3. The smallest absolute Gasteiger partial charge is 0.123 e. The molecule has 1 heterocycles. The van der Waals surface area contributed by atoms with Crippen molar-refractivity contribution in [1.82, 2.24) is 10.2 Å². The first-order chi connectivity index (χ1) is 8.57. The van der Waals surface area contributed by atoms with Crippen LogP contribution >= 0.6 is 0 Å². The Balaban J connectivity index is 1.90. The Bertz CT molecular complexity index is 391. The number of benzene rings is 1. The summed E-state index contributed by atoms with van der Waals surface area (Å²) in [6.45, 7) is 3.02. The highest BCUT2D eigenvalue weighted by molar-refractivity contribution is 5.16. The number of piperidine rings is 1. The highest BCUT2D eigenvalue weighted by atomic mass is 19.1. The number of likely N-dealkylation sites (N-methyl/N-ethyl adjacent to an activating group) is 1. The zero-order valence-corrected chi connectivity index (χ0v) is 10.8. The molecule has 18 heavy (non-hydrogen) atoms. The highest BCUT2D eigenvalue weighted by Gasteiger charge is 2.30. The van der Waals surface area contributed by atoms with Crippen LogP contribution in [0, 0.1) is 5.82 Å². The third-order valence-corrected chi connectivity index (χ3v) is 3.44. The maximum Gasteiger partial charge on any atom is 0.123 e. The van der Waals surface area contributed by atoms with Gasteiger partial charge in [-0.2, -0.15) is 0 Å². The van der Waals surface area contributed by atoms with Gasteiger partial charge in [0.25, 0.3) is 0 Å². The molecule has 0 aromatic heterocycles. The number of rotatable bonds is 4. The van der Waals surface area contributed by atoms with Gasteiger partial charge in [0.2, 0.25) is 0 Å². The topological polar surface area (TPSA) is 35.5 Å². The minimum atomic E-state index is -0.604. The quantitative estimate of drug-likeness (QED) is 0.849. The zero-order valence-electron chi connectivity index (χ0n) is 10.8. The van der Waals surface area contributed by atoms with Crippen molar-refractivity contribution in [3.8, 4) is 0 Å². The molecule has 100 valence electrons. The maximum atomic E-state index is 13.1. The average Bonchev–Trinajstić information content (AvgIpc) is 2.28. The number of nitrogens with one attached hydrogen (secondary N) is 1. The van der Waals surface area contributed by atoms with Crippen LogP contribution in [-0.2, 0) is 6.54 Å². The average molecular weight is 252 g/mol. The molecule has 3 nitrogen and oxygen atoms in total. The number of halogens is 1. The summed E-state index contributed by atoms with van der Waals surface area (Å²) in [4.78, 5) is 2.06. The van der Waals surface area contributed by atoms with Gasteiger partial charge in [-0.1, -0.05) is 12.1 Å². The second kappa shape index (κ2) is 5.78. The Morgan fingerprint density at radius 2 is 2.11 bits per heavy atom. The van der Waals surface area contributed by atoms with Gasteiger partial charge in [0.1, 0.15) is 5.82 Å². The fraction of sp³-hybridized carbons (Fsp3) is 0.571. The van der Waals surface area contributed by atoms with Crippen molar-refractivity contribution in [2.75, 3.05) is 26.7 Å². The van der Waals surface area contributed by atoms with Gasteiger partial charge < -0.3 is 10.4 Å². The van der Waals surface area contributed by atoms with E-state index in [0.717, 1.165) is 31.5 Å². The fourth-order valence-electron chi connectivity index (χ4n) is 2.56. The normalized spacial score (nSPS) is 19.1. The van der Waals surface area contributed by atoms with Crippen LogP contribution in [0.4, 0.5) is 4.39 Å². The lowest BCUT2D eigenvalue weighted by Crippen LogP contribution is -2.48. The van der Waals surface area contributed by atoms with Gasteiger partial charge in [0.05, 0.1) is 5.60 Å². The Morgan fingerprint density at radius 3 is 2.78 bits per heavy atom. The van der Waals surface area contributed by atoms with Crippen molar-refractivity contribution >= 4 is 0 Å². The first-order valence-electron chi connectivity index (χ1n) is 6.43. The number of aliphatic hydroxyl groups is 1. The molecule has 1 aliphatic heterocycles. The lowest BCUT2D eigenvalue weighted by Gasteiger charge is -2.36. The maximum absolute atomic E-state index is 13.1. The van der Waals surface area contributed by atoms with Crippen molar-refractivity contribution in [2.24, 2.45) is 0 Å². The van der Waals surface area contributed by atoms with Crippen LogP contribution < -0.4 is 5.32 Å². The monoisotopic (exact) mass is 252 g/mol. The predicted molar refractivity (Wildman–Crippen MR) is 69.8 cm³/mol. The van der Waals surface area contributed by atoms with E-state index in [2.05, 4.69) is 10.2 Å². The second-order valence-electron chi connectivity index (χ2n) is 5.28. The van der Waals surface area contributed by atoms with E-state index in [1.165, 1.54) is 6.07 Å². The van der Waals surface area contributed by atoms with Crippen LogP contribution in [0.25, 0.3) is 0 Å². The van der Waals surface area contributed by atoms with E-state index in [4.69, 9.17) is 0 Å². The Labute approximate surface area is 108 Å². The van der Waals surface area contributed by atoms with E-state index in [1.54, 1.807) is 12.1 Å². The fourth-order valence-corrected chi connectivity index (χ4v) is 2.56. The summed E-state index contributed by atoms with van der Waals surface area (Å²) in [5.74, 6) is -0.207. The summed E-state index contributed by atoms with van der Waals surface area (Å²) in [6, 6.07) is 6.62. The largest absolute Gasteiger partial charge is 0.388 e. The predicted octanol–water partition coefficient (Wildman–Crippen LogP) is 1.37. The second-order valence-corrected chi connectivity index (χ2v) is 5.28. The molecule has 1 fully saturated rings. The number of hydrogen-bond donors (Lipinski definition) is 2. The molecule has 1 aromatic carbocycles. The molecule has 1 saturated heterocycles. The molecule has 0 atom stereocenters. The SMILES string of the molecule is CN(Cc1cccc(F)c1)CC1(O)CCNCC1. The lowest BCUT2D eigenvalue weighted by molar-refractivity contribution is -0.0168. The van der Waals surface area contributed by atoms with Crippen molar-refractivity contribution in [3.05, 3.63) is 35.6 Å². The molecule has 2 rings (SSSR count). The molecule has 0 unspecified atom stereocenters. The van der Waals surface area contributed by atoms with E-state index in [-0.39, 0.29) is 5.82 Å². The summed E-state index contributed by atoms with van der Waals surface area (Å²) in [7, 11) is 1.96. The molecule has 4 heteroatoms. The van der Waals surface area contributed by atoms with Gasteiger partial charge in [-0.05, 0) is 50.7 Å². The molecular weight excluding hydrogens is 231 g/mol. The van der Waals surface area contributed by atoms with Gasteiger partial charge in [-0.3, -0.25) is 4.90 Å². The van der Waals surface area contributed by atoms with Crippen LogP contribution in [-0.4, -0.2) is 42.3 Å². The van der Waals surface area contributed by atoms with Crippen molar-refractivity contribution in [1.29, 1.82) is 0 Å². The molecule has 2 N–H and O–H groups in total. The summed E-state index contributed by atoms with van der Waals surface area (Å²) in [5, 5.41) is 13.7. The molecule has 1 aromatic rings. The van der Waals surface area contributed by atoms with Crippen molar-refractivity contribution < 1.29 is 9.50 Å². The van der Waals surface area contributed by atoms with Crippen LogP contribution in [0.2, 0.25) is 0 Å². The van der Waals surface area contributed by atoms with Crippen LogP contribution in [0.5, 0.6) is 0 Å². The molecule has 0 spiro atoms. The van der Waals surface area contributed by atoms with Gasteiger partial charge >= 0.3 is 0 Å². The zero-order chi connectivity index (χ0) is 13.0. The molecule has 0 aliphatic carbocycles. The summed E-state index contributed by atoms with van der Waals surface area (Å²) >= 11 is 0. The molecule has 0 radical (unpaired) electrons. The van der Waals surface area contributed by atoms with Gasteiger partial charge in [0, 0.05) is 13.1 Å². The Morgan fingerprint density at radius 1 is 1.39 bits per heavy atom. The molecule has 0 saturated carbocycles. The third-order valence-electron chi connectivity index (χ3n) is 3.44. The van der Waals surface area contributed by atoms with Crippen LogP contribution in [0.1, 0.15) is 18.4 Å². The van der Waals surface area contributed by atoms with E-state index >= 15 is 0 Å². The molecule has 0 amide bonds. The van der Waals surface area contributed by atoms with Crippen LogP contribution in [0.3, 0.4) is 0 Å². The van der Waals surface area contributed by atoms with E-state index in [0.29, 0.717) is 13.1 Å². The minimum Gasteiger partial charge on any atom is -0.388 e. The first kappa shape index (κ1) is 13.5. The lowest BCUT2D eigenvalue weighted by atomic mass is 9.92. The van der Waals surface area contributed by atoms with E-state index in [1.807, 2.05) is 13.1 Å². The van der Waals surface area contributed by atoms with Crippen LogP contribution in [0.15, 0.2) is 24.3 Å². The number of nitrogens with zero attached hydrogens (tertiary/aromatic N) is 1. The van der Waals surface area contributed by atoms with Gasteiger partial charge in [-0.15, -0.1) is 0 Å². The summed E-state index contributed by atoms with van der Waals surface area (Å²) < 4.78 is 13.1. The third kappa shape index (κ3) is 3.77.